The first kappa shape index (κ1) is 13.7. The number of pyridine rings is 1. The molecule has 1 aromatic heterocycles. The Bertz CT molecular complexity index is 442. The van der Waals surface area contributed by atoms with Crippen LogP contribution in [0.5, 0.6) is 0 Å². The maximum Gasteiger partial charge on any atom is 0.154 e. The van der Waals surface area contributed by atoms with E-state index in [0.29, 0.717) is 12.3 Å². The molecule has 0 aromatic carbocycles. The van der Waals surface area contributed by atoms with Crippen LogP contribution in [-0.4, -0.2) is 10.8 Å². The maximum atomic E-state index is 12.3. The molecule has 1 heterocycles. The lowest BCUT2D eigenvalue weighted by Gasteiger charge is -2.15. The average molecular weight is 256 g/mol. The zero-order chi connectivity index (χ0) is 13.5. The molecule has 0 aliphatic heterocycles. The highest BCUT2D eigenvalue weighted by molar-refractivity contribution is 5.88. The molecule has 2 rings (SSSR count). The van der Waals surface area contributed by atoms with Crippen LogP contribution >= 0.6 is 0 Å². The molecule has 19 heavy (non-hydrogen) atoms. The monoisotopic (exact) mass is 256 g/mol. The van der Waals surface area contributed by atoms with Crippen LogP contribution < -0.4 is 0 Å². The predicted molar refractivity (Wildman–Crippen MR) is 73.4 cm³/mol. The molecule has 0 saturated heterocycles. The van der Waals surface area contributed by atoms with Gasteiger partial charge in [0.25, 0.3) is 0 Å². The summed E-state index contributed by atoms with van der Waals surface area (Å²) >= 11 is 0. The van der Waals surface area contributed by atoms with Gasteiger partial charge in [0, 0.05) is 18.8 Å². The molecule has 0 spiro atoms. The first-order chi connectivity index (χ1) is 9.31. The minimum absolute atomic E-state index is 0.0700. The van der Waals surface area contributed by atoms with E-state index < -0.39 is 5.92 Å². The van der Waals surface area contributed by atoms with E-state index >= 15 is 0 Å². The highest BCUT2D eigenvalue weighted by atomic mass is 16.1. The van der Waals surface area contributed by atoms with Crippen molar-refractivity contribution in [1.82, 2.24) is 4.98 Å². The fourth-order valence-electron chi connectivity index (χ4n) is 2.86. The minimum Gasteiger partial charge on any atom is -0.298 e. The summed E-state index contributed by atoms with van der Waals surface area (Å²) in [5.41, 5.74) is 0.774. The van der Waals surface area contributed by atoms with Crippen LogP contribution in [0.15, 0.2) is 24.5 Å². The Morgan fingerprint density at radius 3 is 2.47 bits per heavy atom. The third-order valence-electron chi connectivity index (χ3n) is 3.96. The van der Waals surface area contributed by atoms with Crippen molar-refractivity contribution in [3.05, 3.63) is 30.1 Å². The van der Waals surface area contributed by atoms with E-state index in [1.165, 1.54) is 25.7 Å². The van der Waals surface area contributed by atoms with Crippen molar-refractivity contribution in [1.29, 1.82) is 5.26 Å². The van der Waals surface area contributed by atoms with Crippen molar-refractivity contribution in [2.45, 2.75) is 50.9 Å². The summed E-state index contributed by atoms with van der Waals surface area (Å²) < 4.78 is 0. The van der Waals surface area contributed by atoms with Crippen LogP contribution in [0.25, 0.3) is 0 Å². The van der Waals surface area contributed by atoms with Gasteiger partial charge in [0.15, 0.2) is 5.78 Å². The Morgan fingerprint density at radius 2 is 1.89 bits per heavy atom. The van der Waals surface area contributed by atoms with Gasteiger partial charge in [0.05, 0.1) is 6.07 Å². The largest absolute Gasteiger partial charge is 0.298 e. The van der Waals surface area contributed by atoms with Crippen LogP contribution in [0.1, 0.15) is 56.4 Å². The quantitative estimate of drug-likeness (QED) is 0.773. The number of hydrogen-bond acceptors (Lipinski definition) is 3. The molecule has 1 unspecified atom stereocenters. The molecular weight excluding hydrogens is 236 g/mol. The Balaban J connectivity index is 1.99. The van der Waals surface area contributed by atoms with Crippen molar-refractivity contribution in [3.8, 4) is 6.07 Å². The number of nitriles is 1. The molecule has 1 saturated carbocycles. The molecule has 0 amide bonds. The molecule has 0 radical (unpaired) electrons. The highest BCUT2D eigenvalue weighted by Crippen LogP contribution is 2.28. The molecule has 3 heteroatoms. The molecule has 1 atom stereocenters. The van der Waals surface area contributed by atoms with Gasteiger partial charge in [-0.3, -0.25) is 9.78 Å². The SMILES string of the molecule is N#CC(C(=O)CC1CCCCCC1)c1ccncc1. The molecular formula is C16H20N2O. The topological polar surface area (TPSA) is 53.8 Å². The summed E-state index contributed by atoms with van der Waals surface area (Å²) in [6.45, 7) is 0. The molecule has 1 fully saturated rings. The van der Waals surface area contributed by atoms with Gasteiger partial charge in [0.1, 0.15) is 5.92 Å². The van der Waals surface area contributed by atoms with Crippen LogP contribution in [0.2, 0.25) is 0 Å². The fourth-order valence-corrected chi connectivity index (χ4v) is 2.86. The van der Waals surface area contributed by atoms with Crippen molar-refractivity contribution < 1.29 is 4.79 Å². The summed E-state index contributed by atoms with van der Waals surface area (Å²) in [4.78, 5) is 16.2. The zero-order valence-corrected chi connectivity index (χ0v) is 11.2. The summed E-state index contributed by atoms with van der Waals surface area (Å²) in [7, 11) is 0. The van der Waals surface area contributed by atoms with Gasteiger partial charge in [-0.1, -0.05) is 38.5 Å². The number of carbonyl (C=O) groups is 1. The van der Waals surface area contributed by atoms with Gasteiger partial charge in [-0.2, -0.15) is 5.26 Å². The Labute approximate surface area is 114 Å². The van der Waals surface area contributed by atoms with Gasteiger partial charge >= 0.3 is 0 Å². The second-order valence-corrected chi connectivity index (χ2v) is 5.37. The molecule has 3 nitrogen and oxygen atoms in total. The van der Waals surface area contributed by atoms with Crippen LogP contribution in [0, 0.1) is 17.2 Å². The second-order valence-electron chi connectivity index (χ2n) is 5.37. The lowest BCUT2D eigenvalue weighted by Crippen LogP contribution is -2.15. The molecule has 1 aromatic rings. The first-order valence-corrected chi connectivity index (χ1v) is 7.13. The third-order valence-corrected chi connectivity index (χ3v) is 3.96. The van der Waals surface area contributed by atoms with Crippen LogP contribution in [-0.2, 0) is 4.79 Å². The standard InChI is InChI=1S/C16H20N2O/c17-12-15(14-7-9-18-10-8-14)16(19)11-13-5-3-1-2-4-6-13/h7-10,13,15H,1-6,11H2. The number of rotatable bonds is 4. The third kappa shape index (κ3) is 3.89. The Morgan fingerprint density at radius 1 is 1.26 bits per heavy atom. The summed E-state index contributed by atoms with van der Waals surface area (Å²) in [6.07, 6.45) is 11.1. The van der Waals surface area contributed by atoms with Crippen molar-refractivity contribution in [3.63, 3.8) is 0 Å². The molecule has 1 aliphatic rings. The van der Waals surface area contributed by atoms with Gasteiger partial charge in [-0.15, -0.1) is 0 Å². The molecule has 0 N–H and O–H groups in total. The smallest absolute Gasteiger partial charge is 0.154 e. The summed E-state index contributed by atoms with van der Waals surface area (Å²) in [5, 5.41) is 9.24. The maximum absolute atomic E-state index is 12.3. The number of Topliss-reactive ketones (excluding diaryl/α,β-unsaturated/α-hetero) is 1. The van der Waals surface area contributed by atoms with Crippen LogP contribution in [0.3, 0.4) is 0 Å². The van der Waals surface area contributed by atoms with Crippen molar-refractivity contribution >= 4 is 5.78 Å². The Kier molecular flexibility index (Phi) is 5.09. The van der Waals surface area contributed by atoms with Gasteiger partial charge in [-0.05, 0) is 23.6 Å². The van der Waals surface area contributed by atoms with E-state index in [2.05, 4.69) is 11.1 Å². The predicted octanol–water partition coefficient (Wildman–Crippen LogP) is 3.62. The van der Waals surface area contributed by atoms with Gasteiger partial charge in [0.2, 0.25) is 0 Å². The van der Waals surface area contributed by atoms with E-state index in [1.54, 1.807) is 24.5 Å². The van der Waals surface area contributed by atoms with Crippen molar-refractivity contribution in [2.24, 2.45) is 5.92 Å². The lowest BCUT2D eigenvalue weighted by molar-refractivity contribution is -0.120. The summed E-state index contributed by atoms with van der Waals surface area (Å²) in [6, 6.07) is 5.67. The van der Waals surface area contributed by atoms with Crippen molar-refractivity contribution in [2.75, 3.05) is 0 Å². The highest BCUT2D eigenvalue weighted by Gasteiger charge is 2.24. The van der Waals surface area contributed by atoms with E-state index in [0.717, 1.165) is 18.4 Å². The van der Waals surface area contributed by atoms with E-state index in [-0.39, 0.29) is 5.78 Å². The zero-order valence-electron chi connectivity index (χ0n) is 11.2. The number of hydrogen-bond donors (Lipinski definition) is 0. The first-order valence-electron chi connectivity index (χ1n) is 7.13. The second kappa shape index (κ2) is 7.04. The molecule has 100 valence electrons. The normalized spacial score (nSPS) is 18.3. The Hall–Kier alpha value is -1.69. The fraction of sp³-hybridized carbons (Fsp3) is 0.562. The number of ketones is 1. The summed E-state index contributed by atoms with van der Waals surface area (Å²) in [5.74, 6) is -0.0699. The van der Waals surface area contributed by atoms with Gasteiger partial charge in [-0.25, -0.2) is 0 Å². The van der Waals surface area contributed by atoms with Crippen LogP contribution in [0.4, 0.5) is 0 Å². The molecule has 0 bridgehead atoms. The van der Waals surface area contributed by atoms with E-state index in [4.69, 9.17) is 0 Å². The average Bonchev–Trinajstić information content (AvgIpc) is 2.69. The lowest BCUT2D eigenvalue weighted by atomic mass is 9.87. The van der Waals surface area contributed by atoms with Gasteiger partial charge < -0.3 is 0 Å². The molecule has 1 aliphatic carbocycles. The minimum atomic E-state index is -0.619. The number of nitrogens with zero attached hydrogens (tertiary/aromatic N) is 2. The van der Waals surface area contributed by atoms with E-state index in [9.17, 15) is 10.1 Å². The number of carbonyl (C=O) groups excluding carboxylic acids is 1. The number of aromatic nitrogens is 1. The van der Waals surface area contributed by atoms with E-state index in [1.807, 2.05) is 0 Å².